The van der Waals surface area contributed by atoms with Crippen molar-refractivity contribution in [2.45, 2.75) is 19.4 Å². The van der Waals surface area contributed by atoms with Crippen LogP contribution in [0.3, 0.4) is 0 Å². The number of nitrogens with one attached hydrogen (secondary N) is 3. The van der Waals surface area contributed by atoms with Crippen molar-refractivity contribution in [3.8, 4) is 5.75 Å². The van der Waals surface area contributed by atoms with Crippen LogP contribution in [0.4, 0.5) is 0 Å². The molecule has 0 saturated heterocycles. The second-order valence-corrected chi connectivity index (χ2v) is 5.80. The van der Waals surface area contributed by atoms with Crippen LogP contribution >= 0.6 is 0 Å². The zero-order valence-electron chi connectivity index (χ0n) is 15.1. The first-order chi connectivity index (χ1) is 11.4. The number of nitrogens with zero attached hydrogens (tertiary/aromatic N) is 1. The Morgan fingerprint density at radius 1 is 1.17 bits per heavy atom. The average molecular weight is 336 g/mol. The summed E-state index contributed by atoms with van der Waals surface area (Å²) in [6.07, 6.45) is 0. The number of hydrogen-bond donors (Lipinski definition) is 3. The molecule has 0 fully saturated rings. The van der Waals surface area contributed by atoms with Crippen molar-refractivity contribution in [3.05, 3.63) is 29.8 Å². The highest BCUT2D eigenvalue weighted by atomic mass is 16.5. The van der Waals surface area contributed by atoms with Gasteiger partial charge < -0.3 is 25.4 Å². The van der Waals surface area contributed by atoms with Crippen LogP contribution in [-0.2, 0) is 4.74 Å². The molecule has 0 aromatic heterocycles. The fourth-order valence-electron chi connectivity index (χ4n) is 1.81. The van der Waals surface area contributed by atoms with Crippen molar-refractivity contribution in [1.82, 2.24) is 16.0 Å². The third-order valence-electron chi connectivity index (χ3n) is 3.49. The minimum Gasteiger partial charge on any atom is -0.497 e. The molecule has 1 aromatic carbocycles. The number of carbonyl (C=O) groups excluding carboxylic acids is 1. The van der Waals surface area contributed by atoms with Gasteiger partial charge in [0.25, 0.3) is 5.91 Å². The largest absolute Gasteiger partial charge is 0.497 e. The minimum atomic E-state index is -0.280. The van der Waals surface area contributed by atoms with Crippen molar-refractivity contribution in [2.24, 2.45) is 4.99 Å². The molecule has 0 aliphatic rings. The molecule has 0 aliphatic carbocycles. The number of amides is 1. The van der Waals surface area contributed by atoms with Crippen molar-refractivity contribution in [1.29, 1.82) is 0 Å². The molecule has 7 heteroatoms. The van der Waals surface area contributed by atoms with Crippen LogP contribution in [0.15, 0.2) is 29.3 Å². The van der Waals surface area contributed by atoms with Crippen molar-refractivity contribution in [2.75, 3.05) is 40.9 Å². The predicted molar refractivity (Wildman–Crippen MR) is 95.8 cm³/mol. The number of benzene rings is 1. The van der Waals surface area contributed by atoms with E-state index in [9.17, 15) is 4.79 Å². The summed E-state index contributed by atoms with van der Waals surface area (Å²) in [4.78, 5) is 16.2. The molecule has 0 heterocycles. The van der Waals surface area contributed by atoms with Crippen LogP contribution in [0.5, 0.6) is 5.75 Å². The Labute approximate surface area is 143 Å². The molecule has 0 saturated carbocycles. The first kappa shape index (κ1) is 19.8. The van der Waals surface area contributed by atoms with Crippen LogP contribution in [0, 0.1) is 0 Å². The fraction of sp³-hybridized carbons (Fsp3) is 0.529. The maximum absolute atomic E-state index is 12.1. The molecule has 7 nitrogen and oxygen atoms in total. The second kappa shape index (κ2) is 9.77. The Bertz CT molecular complexity index is 559. The molecule has 0 unspecified atom stereocenters. The fourth-order valence-corrected chi connectivity index (χ4v) is 1.81. The summed E-state index contributed by atoms with van der Waals surface area (Å²) in [5.41, 5.74) is 0.289. The summed E-state index contributed by atoms with van der Waals surface area (Å²) in [7, 11) is 4.94. The highest BCUT2D eigenvalue weighted by Crippen LogP contribution is 2.12. The van der Waals surface area contributed by atoms with Crippen LogP contribution < -0.4 is 20.7 Å². The van der Waals surface area contributed by atoms with E-state index in [0.29, 0.717) is 36.9 Å². The Hall–Kier alpha value is -2.28. The summed E-state index contributed by atoms with van der Waals surface area (Å²) in [6, 6.07) is 7.04. The highest BCUT2D eigenvalue weighted by molar-refractivity contribution is 5.94. The third kappa shape index (κ3) is 6.87. The first-order valence-electron chi connectivity index (χ1n) is 7.84. The summed E-state index contributed by atoms with van der Waals surface area (Å²) >= 11 is 0. The summed E-state index contributed by atoms with van der Waals surface area (Å²) < 4.78 is 10.5. The molecule has 0 atom stereocenters. The van der Waals surface area contributed by atoms with E-state index >= 15 is 0 Å². The lowest BCUT2D eigenvalue weighted by Gasteiger charge is -2.24. The second-order valence-electron chi connectivity index (χ2n) is 5.80. The number of rotatable bonds is 8. The minimum absolute atomic E-state index is 0.140. The summed E-state index contributed by atoms with van der Waals surface area (Å²) in [5.74, 6) is 1.18. The van der Waals surface area contributed by atoms with Gasteiger partial charge in [0, 0.05) is 39.4 Å². The van der Waals surface area contributed by atoms with E-state index in [2.05, 4.69) is 20.9 Å². The Kier molecular flexibility index (Phi) is 8.05. The number of carbonyl (C=O) groups is 1. The Morgan fingerprint density at radius 3 is 2.50 bits per heavy atom. The Balaban J connectivity index is 2.34. The van der Waals surface area contributed by atoms with Crippen molar-refractivity contribution >= 4 is 11.9 Å². The molecule has 134 valence electrons. The standard InChI is InChI=1S/C17H28N4O3/c1-17(2,24-5)12-21-16(18-3)20-10-9-19-15(22)13-7-6-8-14(11-13)23-4/h6-8,11H,9-10,12H2,1-5H3,(H,19,22)(H2,18,20,21). The zero-order valence-corrected chi connectivity index (χ0v) is 15.1. The maximum Gasteiger partial charge on any atom is 0.251 e. The van der Waals surface area contributed by atoms with E-state index in [-0.39, 0.29) is 11.5 Å². The van der Waals surface area contributed by atoms with Gasteiger partial charge in [0.2, 0.25) is 0 Å². The molecule has 1 aromatic rings. The van der Waals surface area contributed by atoms with E-state index in [1.165, 1.54) is 0 Å². The normalized spacial score (nSPS) is 11.8. The van der Waals surface area contributed by atoms with E-state index in [1.54, 1.807) is 45.5 Å². The van der Waals surface area contributed by atoms with Crippen LogP contribution in [0.1, 0.15) is 24.2 Å². The van der Waals surface area contributed by atoms with Gasteiger partial charge in [-0.25, -0.2) is 0 Å². The van der Waals surface area contributed by atoms with Crippen molar-refractivity contribution in [3.63, 3.8) is 0 Å². The van der Waals surface area contributed by atoms with E-state index in [4.69, 9.17) is 9.47 Å². The number of methoxy groups -OCH3 is 2. The quantitative estimate of drug-likeness (QED) is 0.375. The molecule has 1 rings (SSSR count). The number of aliphatic imine (C=N–C) groups is 1. The average Bonchev–Trinajstić information content (AvgIpc) is 2.60. The van der Waals surface area contributed by atoms with Gasteiger partial charge >= 0.3 is 0 Å². The molecule has 24 heavy (non-hydrogen) atoms. The molecule has 0 radical (unpaired) electrons. The molecule has 1 amide bonds. The van der Waals surface area contributed by atoms with Crippen molar-refractivity contribution < 1.29 is 14.3 Å². The zero-order chi connectivity index (χ0) is 18.0. The monoisotopic (exact) mass is 336 g/mol. The van der Waals surface area contributed by atoms with Gasteiger partial charge in [-0.2, -0.15) is 0 Å². The van der Waals surface area contributed by atoms with Gasteiger partial charge in [-0.15, -0.1) is 0 Å². The lowest BCUT2D eigenvalue weighted by molar-refractivity contribution is 0.0268. The summed E-state index contributed by atoms with van der Waals surface area (Å²) in [5, 5.41) is 9.17. The maximum atomic E-state index is 12.1. The van der Waals surface area contributed by atoms with Gasteiger partial charge in [-0.05, 0) is 32.0 Å². The van der Waals surface area contributed by atoms with Gasteiger partial charge in [-0.3, -0.25) is 9.79 Å². The highest BCUT2D eigenvalue weighted by Gasteiger charge is 2.16. The molecule has 0 bridgehead atoms. The molecular formula is C17H28N4O3. The van der Waals surface area contributed by atoms with E-state index in [1.807, 2.05) is 13.8 Å². The van der Waals surface area contributed by atoms with Crippen LogP contribution in [-0.4, -0.2) is 58.4 Å². The van der Waals surface area contributed by atoms with Gasteiger partial charge in [0.05, 0.1) is 12.7 Å². The van der Waals surface area contributed by atoms with Crippen LogP contribution in [0.2, 0.25) is 0 Å². The van der Waals surface area contributed by atoms with Gasteiger partial charge in [0.15, 0.2) is 5.96 Å². The number of ether oxygens (including phenoxy) is 2. The van der Waals surface area contributed by atoms with E-state index < -0.39 is 0 Å². The topological polar surface area (TPSA) is 84.0 Å². The molecule has 3 N–H and O–H groups in total. The lowest BCUT2D eigenvalue weighted by atomic mass is 10.1. The predicted octanol–water partition coefficient (Wildman–Crippen LogP) is 1.01. The molecule has 0 aliphatic heterocycles. The Morgan fingerprint density at radius 2 is 1.88 bits per heavy atom. The smallest absolute Gasteiger partial charge is 0.251 e. The SMILES string of the molecule is CN=C(NCCNC(=O)c1cccc(OC)c1)NCC(C)(C)OC. The number of guanidine groups is 1. The molecular weight excluding hydrogens is 308 g/mol. The molecule has 0 spiro atoms. The number of hydrogen-bond acceptors (Lipinski definition) is 4. The van der Waals surface area contributed by atoms with E-state index in [0.717, 1.165) is 0 Å². The van der Waals surface area contributed by atoms with Gasteiger partial charge in [-0.1, -0.05) is 6.07 Å². The first-order valence-corrected chi connectivity index (χ1v) is 7.84. The van der Waals surface area contributed by atoms with Crippen LogP contribution in [0.25, 0.3) is 0 Å². The third-order valence-corrected chi connectivity index (χ3v) is 3.49. The van der Waals surface area contributed by atoms with Gasteiger partial charge in [0.1, 0.15) is 5.75 Å². The summed E-state index contributed by atoms with van der Waals surface area (Å²) in [6.45, 7) is 5.63. The lowest BCUT2D eigenvalue weighted by Crippen LogP contribution is -2.46.